The van der Waals surface area contributed by atoms with Crippen LogP contribution in [0.5, 0.6) is 0 Å². The van der Waals surface area contributed by atoms with Crippen molar-refractivity contribution in [1.82, 2.24) is 0 Å². The molecule has 0 N–H and O–H groups in total. The van der Waals surface area contributed by atoms with Crippen LogP contribution in [0, 0.1) is 0 Å². The Hall–Kier alpha value is -2.36. The van der Waals surface area contributed by atoms with Gasteiger partial charge in [-0.2, -0.15) is 0 Å². The molecule has 0 radical (unpaired) electrons. The van der Waals surface area contributed by atoms with Crippen LogP contribution in [-0.4, -0.2) is 30.9 Å². The van der Waals surface area contributed by atoms with Gasteiger partial charge in [0.15, 0.2) is 0 Å². The van der Waals surface area contributed by atoms with Crippen molar-refractivity contribution in [2.75, 3.05) is 18.6 Å². The van der Waals surface area contributed by atoms with Crippen molar-refractivity contribution in [3.63, 3.8) is 0 Å². The lowest BCUT2D eigenvalue weighted by molar-refractivity contribution is -0.144. The van der Waals surface area contributed by atoms with E-state index in [0.29, 0.717) is 12.1 Å². The van der Waals surface area contributed by atoms with Gasteiger partial charge in [0.2, 0.25) is 11.3 Å². The van der Waals surface area contributed by atoms with Gasteiger partial charge in [-0.05, 0) is 12.1 Å². The van der Waals surface area contributed by atoms with E-state index in [4.69, 9.17) is 4.74 Å². The average Bonchev–Trinajstić information content (AvgIpc) is 2.71. The van der Waals surface area contributed by atoms with Gasteiger partial charge < -0.3 is 9.64 Å². The number of esters is 1. The summed E-state index contributed by atoms with van der Waals surface area (Å²) in [5, 5.41) is 0. The van der Waals surface area contributed by atoms with Gasteiger partial charge in [0.25, 0.3) is 0 Å². The summed E-state index contributed by atoms with van der Waals surface area (Å²) in [6, 6.07) is 7.17. The molecular formula is C16H17NO3. The second-order valence-corrected chi connectivity index (χ2v) is 4.59. The number of methoxy groups -OCH3 is 1. The van der Waals surface area contributed by atoms with Gasteiger partial charge in [0.05, 0.1) is 7.11 Å². The summed E-state index contributed by atoms with van der Waals surface area (Å²) in [5.74, 6) is -0.817. The lowest BCUT2D eigenvalue weighted by atomic mass is 9.88. The highest BCUT2D eigenvalue weighted by Gasteiger charge is 2.56. The average molecular weight is 271 g/mol. The SMILES string of the molecule is C=CCN1c2ccccc2C(=O)C1(CC=C)C(=O)OC. The van der Waals surface area contributed by atoms with Crippen LogP contribution in [0.4, 0.5) is 5.69 Å². The minimum Gasteiger partial charge on any atom is -0.467 e. The first-order chi connectivity index (χ1) is 9.63. The number of ketones is 1. The zero-order valence-corrected chi connectivity index (χ0v) is 11.5. The number of Topliss-reactive ketones (excluding diaryl/α,β-unsaturated/α-hetero) is 1. The number of carbonyl (C=O) groups is 2. The molecule has 1 aliphatic heterocycles. The molecule has 0 aromatic heterocycles. The molecule has 0 amide bonds. The van der Waals surface area contributed by atoms with Crippen LogP contribution in [-0.2, 0) is 9.53 Å². The van der Waals surface area contributed by atoms with Crippen LogP contribution < -0.4 is 4.90 Å². The molecule has 0 saturated carbocycles. The first-order valence-corrected chi connectivity index (χ1v) is 6.35. The molecular weight excluding hydrogens is 254 g/mol. The fourth-order valence-electron chi connectivity index (χ4n) is 2.70. The summed E-state index contributed by atoms with van der Waals surface area (Å²) in [4.78, 5) is 26.8. The maximum atomic E-state index is 12.8. The molecule has 104 valence electrons. The van der Waals surface area contributed by atoms with E-state index in [2.05, 4.69) is 13.2 Å². The lowest BCUT2D eigenvalue weighted by Crippen LogP contribution is -2.57. The fraction of sp³-hybridized carbons (Fsp3) is 0.250. The number of para-hydroxylation sites is 1. The van der Waals surface area contributed by atoms with Gasteiger partial charge in [-0.3, -0.25) is 4.79 Å². The van der Waals surface area contributed by atoms with Gasteiger partial charge in [0.1, 0.15) is 0 Å². The zero-order chi connectivity index (χ0) is 14.8. The maximum absolute atomic E-state index is 12.8. The molecule has 2 rings (SSSR count). The third-order valence-electron chi connectivity index (χ3n) is 3.55. The number of anilines is 1. The summed E-state index contributed by atoms with van der Waals surface area (Å²) < 4.78 is 4.88. The van der Waals surface area contributed by atoms with Crippen molar-refractivity contribution in [1.29, 1.82) is 0 Å². The van der Waals surface area contributed by atoms with Crippen molar-refractivity contribution in [3.05, 3.63) is 55.1 Å². The second kappa shape index (κ2) is 5.33. The molecule has 1 aromatic carbocycles. The number of rotatable bonds is 5. The van der Waals surface area contributed by atoms with E-state index in [-0.39, 0.29) is 12.2 Å². The van der Waals surface area contributed by atoms with E-state index in [1.54, 1.807) is 29.2 Å². The second-order valence-electron chi connectivity index (χ2n) is 4.59. The van der Waals surface area contributed by atoms with Crippen LogP contribution in [0.2, 0.25) is 0 Å². The molecule has 4 heteroatoms. The molecule has 0 saturated heterocycles. The molecule has 0 fully saturated rings. The number of ether oxygens (including phenoxy) is 1. The summed E-state index contributed by atoms with van der Waals surface area (Å²) in [6.07, 6.45) is 3.42. The molecule has 1 heterocycles. The Labute approximate surface area is 118 Å². The number of carbonyl (C=O) groups excluding carboxylic acids is 2. The lowest BCUT2D eigenvalue weighted by Gasteiger charge is -2.34. The van der Waals surface area contributed by atoms with Gasteiger partial charge in [-0.25, -0.2) is 4.79 Å². The molecule has 4 nitrogen and oxygen atoms in total. The predicted molar refractivity (Wildman–Crippen MR) is 77.9 cm³/mol. The quantitative estimate of drug-likeness (QED) is 0.468. The fourth-order valence-corrected chi connectivity index (χ4v) is 2.70. The van der Waals surface area contributed by atoms with Crippen LogP contribution >= 0.6 is 0 Å². The minimum atomic E-state index is -1.37. The maximum Gasteiger partial charge on any atom is 0.340 e. The molecule has 1 atom stereocenters. The minimum absolute atomic E-state index is 0.195. The third kappa shape index (κ3) is 1.76. The molecule has 1 aromatic rings. The topological polar surface area (TPSA) is 46.6 Å². The molecule has 20 heavy (non-hydrogen) atoms. The largest absolute Gasteiger partial charge is 0.467 e. The van der Waals surface area contributed by atoms with Gasteiger partial charge >= 0.3 is 5.97 Å². The van der Waals surface area contributed by atoms with Crippen LogP contribution in [0.15, 0.2) is 49.6 Å². The smallest absolute Gasteiger partial charge is 0.340 e. The monoisotopic (exact) mass is 271 g/mol. The standard InChI is InChI=1S/C16H17NO3/c1-4-10-16(15(19)20-3)14(18)12-8-6-7-9-13(12)17(16)11-5-2/h4-9H,1-2,10-11H2,3H3. The summed E-state index contributed by atoms with van der Waals surface area (Å²) in [7, 11) is 1.29. The van der Waals surface area contributed by atoms with Crippen molar-refractivity contribution in [2.24, 2.45) is 0 Å². The summed E-state index contributed by atoms with van der Waals surface area (Å²) >= 11 is 0. The molecule has 0 spiro atoms. The number of benzene rings is 1. The zero-order valence-electron chi connectivity index (χ0n) is 11.5. The van der Waals surface area contributed by atoms with Gasteiger partial charge in [0, 0.05) is 24.2 Å². The summed E-state index contributed by atoms with van der Waals surface area (Å²) in [5.41, 5.74) is -0.111. The molecule has 0 aliphatic carbocycles. The predicted octanol–water partition coefficient (Wildman–Crippen LogP) is 2.36. The van der Waals surface area contributed by atoms with E-state index < -0.39 is 11.5 Å². The first-order valence-electron chi connectivity index (χ1n) is 6.35. The van der Waals surface area contributed by atoms with E-state index in [1.807, 2.05) is 12.1 Å². The number of nitrogens with zero attached hydrogens (tertiary/aromatic N) is 1. The van der Waals surface area contributed by atoms with E-state index in [0.717, 1.165) is 5.69 Å². The van der Waals surface area contributed by atoms with Crippen molar-refractivity contribution in [2.45, 2.75) is 12.0 Å². The highest BCUT2D eigenvalue weighted by Crippen LogP contribution is 2.41. The molecule has 1 aliphatic rings. The van der Waals surface area contributed by atoms with Crippen molar-refractivity contribution in [3.8, 4) is 0 Å². The first kappa shape index (κ1) is 14.1. The normalized spacial score (nSPS) is 20.4. The Bertz CT molecular complexity index is 579. The highest BCUT2D eigenvalue weighted by molar-refractivity contribution is 6.25. The van der Waals surface area contributed by atoms with E-state index in [9.17, 15) is 9.59 Å². The molecule has 1 unspecified atom stereocenters. The Kier molecular flexibility index (Phi) is 3.74. The number of hydrogen-bond acceptors (Lipinski definition) is 4. The van der Waals surface area contributed by atoms with Gasteiger partial charge in [-0.15, -0.1) is 13.2 Å². The van der Waals surface area contributed by atoms with Crippen molar-refractivity contribution < 1.29 is 14.3 Å². The number of hydrogen-bond donors (Lipinski definition) is 0. The van der Waals surface area contributed by atoms with Crippen LogP contribution in [0.3, 0.4) is 0 Å². The molecule has 0 bridgehead atoms. The van der Waals surface area contributed by atoms with Gasteiger partial charge in [-0.1, -0.05) is 24.3 Å². The Morgan fingerprint density at radius 2 is 2.05 bits per heavy atom. The van der Waals surface area contributed by atoms with E-state index >= 15 is 0 Å². The van der Waals surface area contributed by atoms with Crippen LogP contribution in [0.1, 0.15) is 16.8 Å². The number of fused-ring (bicyclic) bond motifs is 1. The highest BCUT2D eigenvalue weighted by atomic mass is 16.5. The summed E-state index contributed by atoms with van der Waals surface area (Å²) in [6.45, 7) is 7.75. The third-order valence-corrected chi connectivity index (χ3v) is 3.55. The van der Waals surface area contributed by atoms with Crippen molar-refractivity contribution >= 4 is 17.4 Å². The Morgan fingerprint density at radius 3 is 2.65 bits per heavy atom. The van der Waals surface area contributed by atoms with Crippen LogP contribution in [0.25, 0.3) is 0 Å². The Balaban J connectivity index is 2.66. The Morgan fingerprint density at radius 1 is 1.35 bits per heavy atom. The van der Waals surface area contributed by atoms with E-state index in [1.165, 1.54) is 7.11 Å².